The predicted octanol–water partition coefficient (Wildman–Crippen LogP) is 0.0778. The smallest absolute Gasteiger partial charge is 0.00703 e. The molecule has 0 aromatic heterocycles. The Balaban J connectivity index is 0.000000360. The van der Waals surface area contributed by atoms with Crippen molar-refractivity contribution in [3.63, 3.8) is 0 Å². The van der Waals surface area contributed by atoms with E-state index in [1.165, 1.54) is 0 Å². The van der Waals surface area contributed by atoms with E-state index in [9.17, 15) is 0 Å². The van der Waals surface area contributed by atoms with Crippen LogP contribution in [0.1, 0.15) is 0 Å². The summed E-state index contributed by atoms with van der Waals surface area (Å²) in [6, 6.07) is 0. The first-order valence-corrected chi connectivity index (χ1v) is 1.83. The molecule has 0 saturated carbocycles. The molecule has 0 N–H and O–H groups in total. The van der Waals surface area contributed by atoms with Gasteiger partial charge in [-0.2, -0.15) is 0 Å². The summed E-state index contributed by atoms with van der Waals surface area (Å²) in [7, 11) is 1.81. The van der Waals surface area contributed by atoms with Gasteiger partial charge in [-0.15, -0.1) is 0 Å². The van der Waals surface area contributed by atoms with E-state index in [1.54, 1.807) is 11.0 Å². The normalized spacial score (nSPS) is 15.9. The Morgan fingerprint density at radius 3 is 2.57 bits per heavy atom. The topological polar surface area (TPSA) is 27.7 Å². The number of hydrazone groups is 1. The van der Waals surface area contributed by atoms with Crippen molar-refractivity contribution in [3.05, 3.63) is 0 Å². The van der Waals surface area contributed by atoms with Gasteiger partial charge in [-0.3, -0.25) is 0 Å². The van der Waals surface area contributed by atoms with Crippen molar-refractivity contribution < 1.29 is 25.9 Å². The Kier molecular flexibility index (Phi) is 3.01. The van der Waals surface area contributed by atoms with E-state index in [4.69, 9.17) is 0 Å². The van der Waals surface area contributed by atoms with Crippen molar-refractivity contribution in [3.8, 4) is 0 Å². The van der Waals surface area contributed by atoms with Crippen molar-refractivity contribution in [2.45, 2.75) is 0 Å². The van der Waals surface area contributed by atoms with Crippen LogP contribution in [-0.4, -0.2) is 24.6 Å². The summed E-state index contributed by atoms with van der Waals surface area (Å²) in [5.74, 6) is 0. The monoisotopic (exact) mass is 279 g/mol. The molecule has 1 heterocycles. The summed E-state index contributed by atoms with van der Waals surface area (Å²) in [6.07, 6.45) is 1.76. The first-order valence-electron chi connectivity index (χ1n) is 1.83. The summed E-state index contributed by atoms with van der Waals surface area (Å²) in [4.78, 5) is 1.56. The summed E-state index contributed by atoms with van der Waals surface area (Å²) >= 11 is 0. The van der Waals surface area contributed by atoms with Crippen LogP contribution >= 0.6 is 0 Å². The van der Waals surface area contributed by atoms with Crippen LogP contribution in [0.15, 0.2) is 10.2 Å². The second kappa shape index (κ2) is 3.03. The molecule has 0 atom stereocenters. The van der Waals surface area contributed by atoms with Crippen LogP contribution in [0.25, 0.3) is 0 Å². The molecule has 0 spiro atoms. The molecule has 0 unspecified atom stereocenters. The molecule has 0 fully saturated rings. The van der Waals surface area contributed by atoms with Crippen molar-refractivity contribution in [1.29, 1.82) is 0 Å². The molecule has 7 heavy (non-hydrogen) atoms. The number of hydrogen-bond acceptors (Lipinski definition) is 2. The molecular weight excluding hydrogens is 273 g/mol. The second-order valence-electron chi connectivity index (χ2n) is 1.11. The molecule has 3 nitrogen and oxygen atoms in total. The molecule has 0 aliphatic carbocycles. The fourth-order valence-corrected chi connectivity index (χ4v) is 0.346. The average molecular weight is 279 g/mol. The summed E-state index contributed by atoms with van der Waals surface area (Å²) in [5, 5.41) is 7.62. The molecule has 0 saturated heterocycles. The van der Waals surface area contributed by atoms with E-state index in [0.717, 1.165) is 6.54 Å². The Morgan fingerprint density at radius 1 is 1.71 bits per heavy atom. The van der Waals surface area contributed by atoms with Gasteiger partial charge in [-0.25, -0.2) is 0 Å². The number of rotatable bonds is 0. The largest absolute Gasteiger partial charge is 0.193 e. The third-order valence-corrected chi connectivity index (χ3v) is 0.617. The van der Waals surface area contributed by atoms with Crippen LogP contribution in [0.3, 0.4) is 0 Å². The fourth-order valence-electron chi connectivity index (χ4n) is 0.346. The van der Waals surface area contributed by atoms with Crippen LogP contribution in [0.4, 0.5) is 0 Å². The minimum absolute atomic E-state index is 0. The van der Waals surface area contributed by atoms with Gasteiger partial charge in [-0.05, 0) is 5.11 Å². The molecule has 1 aliphatic rings. The van der Waals surface area contributed by atoms with E-state index >= 15 is 0 Å². The van der Waals surface area contributed by atoms with Gasteiger partial charge in [0, 0.05) is 31.0 Å². The molecule has 0 aromatic rings. The SMILES string of the molecule is C[N+]1=NCC=N1.[Pt]. The minimum Gasteiger partial charge on any atom is -0.00703 e. The Hall–Kier alpha value is -0.0417. The van der Waals surface area contributed by atoms with E-state index in [1.807, 2.05) is 7.05 Å². The van der Waals surface area contributed by atoms with Crippen molar-refractivity contribution >= 4 is 6.21 Å². The summed E-state index contributed by atoms with van der Waals surface area (Å²) in [6.45, 7) is 0.747. The van der Waals surface area contributed by atoms with Gasteiger partial charge >= 0.3 is 0 Å². The molecule has 0 radical (unpaired) electrons. The molecule has 42 valence electrons. The summed E-state index contributed by atoms with van der Waals surface area (Å²) < 4.78 is 0. The van der Waals surface area contributed by atoms with Crippen molar-refractivity contribution in [2.75, 3.05) is 13.6 Å². The fraction of sp³-hybridized carbons (Fsp3) is 0.667. The van der Waals surface area contributed by atoms with Gasteiger partial charge in [0.05, 0.1) is 0 Å². The Morgan fingerprint density at radius 2 is 2.43 bits per heavy atom. The molecular formula is C3H6N3Pt+. The van der Waals surface area contributed by atoms with Crippen LogP contribution in [0.2, 0.25) is 0 Å². The van der Waals surface area contributed by atoms with Crippen molar-refractivity contribution in [1.82, 2.24) is 0 Å². The van der Waals surface area contributed by atoms with Crippen LogP contribution < -0.4 is 0 Å². The van der Waals surface area contributed by atoms with E-state index in [0.29, 0.717) is 0 Å². The number of azo groups is 1. The van der Waals surface area contributed by atoms with Gasteiger partial charge in [0.15, 0.2) is 7.05 Å². The van der Waals surface area contributed by atoms with Crippen LogP contribution in [-0.2, 0) is 21.1 Å². The summed E-state index contributed by atoms with van der Waals surface area (Å²) in [5.41, 5.74) is 0. The molecule has 1 aliphatic heterocycles. The standard InChI is InChI=1S/C3H6N3.Pt/c1-6-4-2-3-5-6;/h2H,3H2,1H3;/q+1;. The Labute approximate surface area is 56.4 Å². The van der Waals surface area contributed by atoms with Gasteiger partial charge in [0.25, 0.3) is 0 Å². The third-order valence-electron chi connectivity index (χ3n) is 0.617. The van der Waals surface area contributed by atoms with Crippen LogP contribution in [0, 0.1) is 0 Å². The number of nitrogens with zero attached hydrogens (tertiary/aromatic N) is 3. The molecule has 4 heteroatoms. The number of hydrogen-bond donors (Lipinski definition) is 0. The van der Waals surface area contributed by atoms with Gasteiger partial charge in [0.2, 0.25) is 0 Å². The zero-order valence-corrected chi connectivity index (χ0v) is 6.21. The molecule has 0 aromatic carbocycles. The maximum Gasteiger partial charge on any atom is 0.193 e. The molecule has 0 amide bonds. The van der Waals surface area contributed by atoms with Crippen molar-refractivity contribution in [2.24, 2.45) is 10.2 Å². The third kappa shape index (κ3) is 1.93. The Bertz CT molecular complexity index is 104. The molecule has 1 rings (SSSR count). The minimum atomic E-state index is 0. The van der Waals surface area contributed by atoms with E-state index in [2.05, 4.69) is 10.2 Å². The predicted molar refractivity (Wildman–Crippen MR) is 22.0 cm³/mol. The van der Waals surface area contributed by atoms with Crippen LogP contribution in [0.5, 0.6) is 0 Å². The maximum absolute atomic E-state index is 3.85. The zero-order valence-electron chi connectivity index (χ0n) is 3.94. The van der Waals surface area contributed by atoms with Gasteiger partial charge in [-0.1, -0.05) is 0 Å². The van der Waals surface area contributed by atoms with Gasteiger partial charge < -0.3 is 0 Å². The average Bonchev–Trinajstić information content (AvgIpc) is 1.86. The van der Waals surface area contributed by atoms with E-state index in [-0.39, 0.29) is 21.1 Å². The first-order chi connectivity index (χ1) is 2.89. The van der Waals surface area contributed by atoms with Gasteiger partial charge in [0.1, 0.15) is 12.8 Å². The molecule has 0 bridgehead atoms. The zero-order chi connectivity index (χ0) is 4.41. The quantitative estimate of drug-likeness (QED) is 0.562. The maximum atomic E-state index is 3.85. The second-order valence-corrected chi connectivity index (χ2v) is 1.11. The first kappa shape index (κ1) is 6.96. The van der Waals surface area contributed by atoms with E-state index < -0.39 is 0 Å².